The second-order valence-corrected chi connectivity index (χ2v) is 7.09. The Morgan fingerprint density at radius 3 is 2.88 bits per heavy atom. The number of fused-ring (bicyclic) bond motifs is 1. The van der Waals surface area contributed by atoms with Gasteiger partial charge in [0, 0.05) is 6.07 Å². The average Bonchev–Trinajstić information content (AvgIpc) is 3.02. The third-order valence-electron chi connectivity index (χ3n) is 4.47. The zero-order chi connectivity index (χ0) is 16.8. The highest BCUT2D eigenvalue weighted by atomic mass is 32.1. The van der Waals surface area contributed by atoms with Crippen molar-refractivity contribution in [2.45, 2.75) is 39.2 Å². The van der Waals surface area contributed by atoms with Crippen LogP contribution < -0.4 is 11.1 Å². The summed E-state index contributed by atoms with van der Waals surface area (Å²) in [4.78, 5) is 22.7. The second kappa shape index (κ2) is 5.55. The van der Waals surface area contributed by atoms with Crippen molar-refractivity contribution in [2.75, 3.05) is 11.1 Å². The lowest BCUT2D eigenvalue weighted by Crippen LogP contribution is -2.22. The average molecular weight is 342 g/mol. The lowest BCUT2D eigenvalue weighted by atomic mass is 9.93. The Hall–Kier alpha value is -2.48. The molecule has 0 aromatic carbocycles. The number of carbonyl (C=O) groups is 1. The van der Waals surface area contributed by atoms with Crippen LogP contribution in [0.3, 0.4) is 0 Å². The second-order valence-electron chi connectivity index (χ2n) is 6.09. The van der Waals surface area contributed by atoms with Crippen molar-refractivity contribution < 1.29 is 4.79 Å². The number of thiophene rings is 1. The molecule has 0 radical (unpaired) electrons. The summed E-state index contributed by atoms with van der Waals surface area (Å²) in [5.74, 6) is 1.60. The van der Waals surface area contributed by atoms with E-state index in [0.717, 1.165) is 34.4 Å². The van der Waals surface area contributed by atoms with E-state index >= 15 is 0 Å². The molecule has 0 atom stereocenters. The molecule has 124 valence electrons. The molecule has 0 unspecified atom stereocenters. The van der Waals surface area contributed by atoms with Crippen molar-refractivity contribution in [2.24, 2.45) is 0 Å². The molecule has 3 heterocycles. The van der Waals surface area contributed by atoms with E-state index in [1.54, 1.807) is 13.1 Å². The zero-order valence-corrected chi connectivity index (χ0v) is 14.4. The highest BCUT2D eigenvalue weighted by Gasteiger charge is 2.24. The van der Waals surface area contributed by atoms with Crippen LogP contribution in [-0.4, -0.2) is 25.7 Å². The van der Waals surface area contributed by atoms with E-state index in [1.165, 1.54) is 17.8 Å². The van der Waals surface area contributed by atoms with E-state index < -0.39 is 0 Å². The molecule has 3 aromatic heterocycles. The maximum atomic E-state index is 12.7. The first kappa shape index (κ1) is 15.1. The Labute approximate surface area is 142 Å². The Morgan fingerprint density at radius 1 is 1.38 bits per heavy atom. The zero-order valence-electron chi connectivity index (χ0n) is 13.5. The molecule has 0 bridgehead atoms. The van der Waals surface area contributed by atoms with Gasteiger partial charge < -0.3 is 11.1 Å². The number of nitrogens with one attached hydrogen (secondary N) is 1. The van der Waals surface area contributed by atoms with Gasteiger partial charge in [-0.2, -0.15) is 5.10 Å². The topological polar surface area (TPSA) is 98.7 Å². The molecule has 4 rings (SSSR count). The predicted octanol–water partition coefficient (Wildman–Crippen LogP) is 3.06. The molecule has 1 aliphatic rings. The van der Waals surface area contributed by atoms with E-state index in [1.807, 2.05) is 17.7 Å². The number of nitrogen functional groups attached to an aromatic ring is 1. The van der Waals surface area contributed by atoms with Crippen LogP contribution in [0.1, 0.15) is 46.4 Å². The fraction of sp³-hybridized carbons (Fsp3) is 0.375. The van der Waals surface area contributed by atoms with Gasteiger partial charge in [0.1, 0.15) is 22.3 Å². The summed E-state index contributed by atoms with van der Waals surface area (Å²) in [6.07, 6.45) is 5.15. The van der Waals surface area contributed by atoms with Crippen LogP contribution in [0.5, 0.6) is 0 Å². The summed E-state index contributed by atoms with van der Waals surface area (Å²) in [5.41, 5.74) is 6.83. The van der Waals surface area contributed by atoms with E-state index in [-0.39, 0.29) is 5.91 Å². The molecule has 3 N–H and O–H groups in total. The number of anilines is 2. The molecular weight excluding hydrogens is 324 g/mol. The molecule has 7 nitrogen and oxygen atoms in total. The van der Waals surface area contributed by atoms with Gasteiger partial charge in [-0.05, 0) is 38.7 Å². The number of nitrogens with two attached hydrogens (primary N) is 1. The molecule has 8 heteroatoms. The molecule has 0 saturated heterocycles. The normalized spacial score (nSPS) is 14.8. The quantitative estimate of drug-likeness (QED) is 0.762. The SMILES string of the molecule is Cc1nc(N)c2c(C)c(C(=O)Nc3ccnn3C3CCC3)sc2n1. The highest BCUT2D eigenvalue weighted by molar-refractivity contribution is 7.20. The van der Waals surface area contributed by atoms with Crippen molar-refractivity contribution in [3.63, 3.8) is 0 Å². The molecule has 1 fully saturated rings. The summed E-state index contributed by atoms with van der Waals surface area (Å²) in [6.45, 7) is 3.67. The third kappa shape index (κ3) is 2.34. The van der Waals surface area contributed by atoms with E-state index in [4.69, 9.17) is 5.73 Å². The predicted molar refractivity (Wildman–Crippen MR) is 94.4 cm³/mol. The van der Waals surface area contributed by atoms with Gasteiger partial charge in [-0.25, -0.2) is 14.6 Å². The van der Waals surface area contributed by atoms with Gasteiger partial charge in [0.2, 0.25) is 0 Å². The Bertz CT molecular complexity index is 940. The number of aromatic nitrogens is 4. The molecule has 3 aromatic rings. The van der Waals surface area contributed by atoms with Gasteiger partial charge >= 0.3 is 0 Å². The molecule has 1 aliphatic carbocycles. The van der Waals surface area contributed by atoms with Crippen molar-refractivity contribution in [1.82, 2.24) is 19.7 Å². The first-order valence-electron chi connectivity index (χ1n) is 7.92. The fourth-order valence-corrected chi connectivity index (χ4v) is 4.14. The largest absolute Gasteiger partial charge is 0.383 e. The molecular formula is C16H18N6OS. The maximum Gasteiger partial charge on any atom is 0.267 e. The van der Waals surface area contributed by atoms with Crippen LogP contribution in [0, 0.1) is 13.8 Å². The Balaban J connectivity index is 1.68. The minimum atomic E-state index is -0.159. The first-order chi connectivity index (χ1) is 11.5. The van der Waals surface area contributed by atoms with Gasteiger partial charge in [-0.3, -0.25) is 4.79 Å². The van der Waals surface area contributed by atoms with E-state index in [9.17, 15) is 4.79 Å². The van der Waals surface area contributed by atoms with Crippen LogP contribution in [0.2, 0.25) is 0 Å². The smallest absolute Gasteiger partial charge is 0.267 e. The number of carbonyl (C=O) groups excluding carboxylic acids is 1. The van der Waals surface area contributed by atoms with Crippen LogP contribution in [-0.2, 0) is 0 Å². The monoisotopic (exact) mass is 342 g/mol. The summed E-state index contributed by atoms with van der Waals surface area (Å²) in [7, 11) is 0. The summed E-state index contributed by atoms with van der Waals surface area (Å²) < 4.78 is 1.91. The van der Waals surface area contributed by atoms with Gasteiger partial charge in [-0.1, -0.05) is 0 Å². The highest BCUT2D eigenvalue weighted by Crippen LogP contribution is 2.35. The molecule has 24 heavy (non-hydrogen) atoms. The molecule has 1 saturated carbocycles. The number of amides is 1. The van der Waals surface area contributed by atoms with Crippen LogP contribution >= 0.6 is 11.3 Å². The van der Waals surface area contributed by atoms with Gasteiger partial charge in [-0.15, -0.1) is 11.3 Å². The molecule has 0 spiro atoms. The fourth-order valence-electron chi connectivity index (χ4n) is 3.01. The van der Waals surface area contributed by atoms with Gasteiger partial charge in [0.25, 0.3) is 5.91 Å². The lowest BCUT2D eigenvalue weighted by Gasteiger charge is -2.27. The third-order valence-corrected chi connectivity index (χ3v) is 5.65. The Morgan fingerprint density at radius 2 is 2.17 bits per heavy atom. The maximum absolute atomic E-state index is 12.7. The summed E-state index contributed by atoms with van der Waals surface area (Å²) in [5, 5.41) is 8.08. The number of rotatable bonds is 3. The van der Waals surface area contributed by atoms with Crippen molar-refractivity contribution in [3.05, 3.63) is 28.5 Å². The number of nitrogens with zero attached hydrogens (tertiary/aromatic N) is 4. The molecule has 0 aliphatic heterocycles. The summed E-state index contributed by atoms with van der Waals surface area (Å²) in [6, 6.07) is 2.22. The summed E-state index contributed by atoms with van der Waals surface area (Å²) >= 11 is 1.34. The minimum absolute atomic E-state index is 0.159. The van der Waals surface area contributed by atoms with E-state index in [0.29, 0.717) is 22.6 Å². The van der Waals surface area contributed by atoms with Crippen LogP contribution in [0.4, 0.5) is 11.6 Å². The van der Waals surface area contributed by atoms with Crippen molar-refractivity contribution in [3.8, 4) is 0 Å². The number of hydrogen-bond donors (Lipinski definition) is 2. The standard InChI is InChI=1S/C16H18N6OS/c1-8-12-14(17)19-9(2)20-16(12)24-13(8)15(23)21-11-6-7-18-22(11)10-4-3-5-10/h6-7,10H,3-5H2,1-2H3,(H,21,23)(H2,17,19,20). The van der Waals surface area contributed by atoms with Crippen molar-refractivity contribution >= 4 is 39.1 Å². The number of hydrogen-bond acceptors (Lipinski definition) is 6. The van der Waals surface area contributed by atoms with Gasteiger partial charge in [0.05, 0.1) is 22.5 Å². The Kier molecular flexibility index (Phi) is 3.49. The minimum Gasteiger partial charge on any atom is -0.383 e. The van der Waals surface area contributed by atoms with Crippen molar-refractivity contribution in [1.29, 1.82) is 0 Å². The van der Waals surface area contributed by atoms with Gasteiger partial charge in [0.15, 0.2) is 0 Å². The van der Waals surface area contributed by atoms with Crippen LogP contribution in [0.15, 0.2) is 12.3 Å². The van der Waals surface area contributed by atoms with Crippen LogP contribution in [0.25, 0.3) is 10.2 Å². The number of aryl methyl sites for hydroxylation is 2. The first-order valence-corrected chi connectivity index (χ1v) is 8.74. The van der Waals surface area contributed by atoms with E-state index in [2.05, 4.69) is 20.4 Å². The lowest BCUT2D eigenvalue weighted by molar-refractivity contribution is 0.102. The molecule has 1 amide bonds.